The van der Waals surface area contributed by atoms with Gasteiger partial charge < -0.3 is 4.90 Å². The Kier molecular flexibility index (Phi) is 6.65. The van der Waals surface area contributed by atoms with Crippen molar-refractivity contribution in [3.63, 3.8) is 0 Å². The smallest absolute Gasteiger partial charge is 0.255 e. The molecular weight excluding hydrogens is 419 g/mol. The molecule has 2 aromatic carbocycles. The monoisotopic (exact) mass is 440 g/mol. The van der Waals surface area contributed by atoms with Crippen molar-refractivity contribution in [2.75, 3.05) is 20.1 Å². The Morgan fingerprint density at radius 1 is 1.07 bits per heavy atom. The molecule has 1 amide bonds. The van der Waals surface area contributed by atoms with Crippen molar-refractivity contribution in [1.29, 1.82) is 0 Å². The Labute approximate surface area is 175 Å². The molecule has 150 valence electrons. The number of hydrogen-bond acceptors (Lipinski definition) is 3. The zero-order chi connectivity index (χ0) is 20.3. The number of nitrogens with zero attached hydrogens (tertiary/aromatic N) is 2. The SMILES string of the molecule is CN(Cc1cccc(Cl)c1)C(=O)c1cc(S(=O)(=O)N2CCCCC2)ccc1Cl. The molecule has 1 fully saturated rings. The lowest BCUT2D eigenvalue weighted by atomic mass is 10.1. The highest BCUT2D eigenvalue weighted by atomic mass is 35.5. The van der Waals surface area contributed by atoms with Gasteiger partial charge in [-0.25, -0.2) is 8.42 Å². The van der Waals surface area contributed by atoms with Crippen LogP contribution in [-0.4, -0.2) is 43.7 Å². The van der Waals surface area contributed by atoms with Gasteiger partial charge in [0.05, 0.1) is 15.5 Å². The van der Waals surface area contributed by atoms with Crippen LogP contribution in [0.4, 0.5) is 0 Å². The van der Waals surface area contributed by atoms with Gasteiger partial charge in [-0.2, -0.15) is 4.31 Å². The molecule has 0 bridgehead atoms. The zero-order valence-electron chi connectivity index (χ0n) is 15.6. The van der Waals surface area contributed by atoms with Gasteiger partial charge in [0.25, 0.3) is 5.91 Å². The molecule has 0 atom stereocenters. The van der Waals surface area contributed by atoms with E-state index in [0.29, 0.717) is 24.7 Å². The van der Waals surface area contributed by atoms with Crippen LogP contribution >= 0.6 is 23.2 Å². The van der Waals surface area contributed by atoms with Gasteiger partial charge >= 0.3 is 0 Å². The molecule has 28 heavy (non-hydrogen) atoms. The molecule has 0 aromatic heterocycles. The number of halogens is 2. The molecular formula is C20H22Cl2N2O3S. The Morgan fingerprint density at radius 2 is 1.79 bits per heavy atom. The highest BCUT2D eigenvalue weighted by Gasteiger charge is 2.27. The minimum absolute atomic E-state index is 0.0957. The number of amides is 1. The largest absolute Gasteiger partial charge is 0.337 e. The Balaban J connectivity index is 1.85. The van der Waals surface area contributed by atoms with Crippen LogP contribution in [0.2, 0.25) is 10.0 Å². The summed E-state index contributed by atoms with van der Waals surface area (Å²) in [5.74, 6) is -0.347. The van der Waals surface area contributed by atoms with Crippen molar-refractivity contribution >= 4 is 39.1 Å². The predicted octanol–water partition coefficient (Wildman–Crippen LogP) is 4.44. The number of rotatable bonds is 5. The Bertz CT molecular complexity index is 973. The van der Waals surface area contributed by atoms with E-state index in [0.717, 1.165) is 24.8 Å². The van der Waals surface area contributed by atoms with Crippen molar-refractivity contribution in [3.05, 3.63) is 63.6 Å². The molecule has 1 heterocycles. The Hall–Kier alpha value is -1.60. The van der Waals surface area contributed by atoms with E-state index in [4.69, 9.17) is 23.2 Å². The van der Waals surface area contributed by atoms with E-state index in [1.807, 2.05) is 12.1 Å². The average molecular weight is 441 g/mol. The maximum atomic E-state index is 12.9. The van der Waals surface area contributed by atoms with Crippen molar-refractivity contribution < 1.29 is 13.2 Å². The molecule has 0 saturated carbocycles. The van der Waals surface area contributed by atoms with Gasteiger partial charge in [0, 0.05) is 31.7 Å². The topological polar surface area (TPSA) is 57.7 Å². The van der Waals surface area contributed by atoms with E-state index >= 15 is 0 Å². The molecule has 0 aliphatic carbocycles. The summed E-state index contributed by atoms with van der Waals surface area (Å²) < 4.78 is 27.3. The minimum Gasteiger partial charge on any atom is -0.337 e. The standard InChI is InChI=1S/C20H22Cl2N2O3S/c1-23(14-15-6-5-7-16(21)12-15)20(25)18-13-17(8-9-19(18)22)28(26,27)24-10-3-2-4-11-24/h5-9,12-13H,2-4,10-11,14H2,1H3. The van der Waals surface area contributed by atoms with Crippen molar-refractivity contribution in [1.82, 2.24) is 9.21 Å². The fourth-order valence-corrected chi connectivity index (χ4v) is 5.22. The molecule has 0 N–H and O–H groups in total. The second-order valence-corrected chi connectivity index (χ2v) is 9.68. The van der Waals surface area contributed by atoms with E-state index < -0.39 is 10.0 Å². The summed E-state index contributed by atoms with van der Waals surface area (Å²) in [4.78, 5) is 14.5. The molecule has 1 saturated heterocycles. The average Bonchev–Trinajstić information content (AvgIpc) is 2.68. The first-order valence-corrected chi connectivity index (χ1v) is 11.3. The highest BCUT2D eigenvalue weighted by Crippen LogP contribution is 2.26. The molecule has 0 spiro atoms. The third kappa shape index (κ3) is 4.69. The summed E-state index contributed by atoms with van der Waals surface area (Å²) >= 11 is 12.2. The van der Waals surface area contributed by atoms with E-state index in [9.17, 15) is 13.2 Å². The van der Waals surface area contributed by atoms with E-state index in [2.05, 4.69) is 0 Å². The van der Waals surface area contributed by atoms with Gasteiger partial charge in [-0.1, -0.05) is 41.8 Å². The fourth-order valence-electron chi connectivity index (χ4n) is 3.27. The number of carbonyl (C=O) groups excluding carboxylic acids is 1. The lowest BCUT2D eigenvalue weighted by Gasteiger charge is -2.26. The number of sulfonamides is 1. The second-order valence-electron chi connectivity index (χ2n) is 6.90. The predicted molar refractivity (Wildman–Crippen MR) is 111 cm³/mol. The van der Waals surface area contributed by atoms with Crippen LogP contribution in [0.3, 0.4) is 0 Å². The third-order valence-corrected chi connectivity index (χ3v) is 7.24. The molecule has 5 nitrogen and oxygen atoms in total. The van der Waals surface area contributed by atoms with Crippen LogP contribution in [0.5, 0.6) is 0 Å². The summed E-state index contributed by atoms with van der Waals surface area (Å²) in [6.07, 6.45) is 2.73. The highest BCUT2D eigenvalue weighted by molar-refractivity contribution is 7.89. The minimum atomic E-state index is -3.64. The lowest BCUT2D eigenvalue weighted by molar-refractivity contribution is 0.0785. The molecule has 1 aliphatic heterocycles. The number of benzene rings is 2. The molecule has 1 aliphatic rings. The van der Waals surface area contributed by atoms with Gasteiger partial charge in [-0.3, -0.25) is 4.79 Å². The van der Waals surface area contributed by atoms with Gasteiger partial charge in [-0.15, -0.1) is 0 Å². The van der Waals surface area contributed by atoms with Crippen molar-refractivity contribution in [2.45, 2.75) is 30.7 Å². The maximum absolute atomic E-state index is 12.9. The maximum Gasteiger partial charge on any atom is 0.255 e. The quantitative estimate of drug-likeness (QED) is 0.690. The van der Waals surface area contributed by atoms with Crippen LogP contribution in [0.15, 0.2) is 47.4 Å². The number of piperidine rings is 1. The molecule has 3 rings (SSSR count). The molecule has 8 heteroatoms. The first kappa shape index (κ1) is 21.1. The van der Waals surface area contributed by atoms with E-state index in [-0.39, 0.29) is 21.4 Å². The first-order valence-electron chi connectivity index (χ1n) is 9.08. The third-order valence-electron chi connectivity index (χ3n) is 4.78. The van der Waals surface area contributed by atoms with Gasteiger partial charge in [0.2, 0.25) is 10.0 Å². The summed E-state index contributed by atoms with van der Waals surface area (Å²) in [5, 5.41) is 0.812. The zero-order valence-corrected chi connectivity index (χ0v) is 17.9. The van der Waals surface area contributed by atoms with Crippen LogP contribution in [0, 0.1) is 0 Å². The number of carbonyl (C=O) groups is 1. The van der Waals surface area contributed by atoms with E-state index in [1.165, 1.54) is 27.4 Å². The molecule has 2 aromatic rings. The van der Waals surface area contributed by atoms with E-state index in [1.54, 1.807) is 19.2 Å². The second kappa shape index (κ2) is 8.82. The van der Waals surface area contributed by atoms with Gasteiger partial charge in [-0.05, 0) is 48.7 Å². The van der Waals surface area contributed by atoms with Gasteiger partial charge in [0.15, 0.2) is 0 Å². The van der Waals surface area contributed by atoms with Crippen LogP contribution < -0.4 is 0 Å². The van der Waals surface area contributed by atoms with Crippen molar-refractivity contribution in [3.8, 4) is 0 Å². The number of hydrogen-bond donors (Lipinski definition) is 0. The summed E-state index contributed by atoms with van der Waals surface area (Å²) in [6, 6.07) is 11.5. The summed E-state index contributed by atoms with van der Waals surface area (Å²) in [6.45, 7) is 1.34. The first-order chi connectivity index (χ1) is 13.3. The van der Waals surface area contributed by atoms with Gasteiger partial charge in [0.1, 0.15) is 0 Å². The molecule has 0 unspecified atom stereocenters. The summed E-state index contributed by atoms with van der Waals surface area (Å²) in [5.41, 5.74) is 1.04. The fraction of sp³-hybridized carbons (Fsp3) is 0.350. The van der Waals surface area contributed by atoms with Crippen molar-refractivity contribution in [2.24, 2.45) is 0 Å². The summed E-state index contributed by atoms with van der Waals surface area (Å²) in [7, 11) is -1.99. The van der Waals surface area contributed by atoms with Crippen LogP contribution in [-0.2, 0) is 16.6 Å². The molecule has 0 radical (unpaired) electrons. The lowest BCUT2D eigenvalue weighted by Crippen LogP contribution is -2.35. The van der Waals surface area contributed by atoms with Crippen LogP contribution in [0.1, 0.15) is 35.2 Å². The Morgan fingerprint density at radius 3 is 2.46 bits per heavy atom. The normalized spacial score (nSPS) is 15.4. The van der Waals surface area contributed by atoms with Crippen LogP contribution in [0.25, 0.3) is 0 Å².